The number of pyridine rings is 1. The third-order valence-corrected chi connectivity index (χ3v) is 5.96. The Morgan fingerprint density at radius 3 is 2.88 bits per heavy atom. The second kappa shape index (κ2) is 10.6. The molecule has 0 amide bonds. The first-order valence-electron chi connectivity index (χ1n) is 11.5. The molecule has 2 atom stereocenters. The standard InChI is InChI=1S/C24H33N7O/c1-3-25-12-13-26-10-8-17-4-6-20(7-5-17)29-23-22-18(9-11-27-24(22)32)14-21(30-23)19-15-28-31(2)16-19/h4,6-7,9,11,15-17,21,25-26H,3,5,8,10,12-14H2,1-2H3,(H,27,32)(H,29,30). The normalized spacial score (nSPS) is 19.9. The second-order valence-electron chi connectivity index (χ2n) is 8.38. The number of nitrogens with one attached hydrogen (secondary N) is 4. The highest BCUT2D eigenvalue weighted by Gasteiger charge is 2.26. The average Bonchev–Trinajstić information content (AvgIpc) is 3.23. The number of likely N-dealkylation sites (N-methyl/N-ethyl adjacent to an activating group) is 1. The lowest BCUT2D eigenvalue weighted by atomic mass is 9.94. The van der Waals surface area contributed by atoms with Gasteiger partial charge in [0.25, 0.3) is 5.56 Å². The number of aryl methyl sites for hydroxylation is 1. The van der Waals surface area contributed by atoms with E-state index in [9.17, 15) is 4.79 Å². The van der Waals surface area contributed by atoms with Crippen LogP contribution < -0.4 is 21.5 Å². The van der Waals surface area contributed by atoms with Gasteiger partial charge < -0.3 is 20.9 Å². The molecule has 2 aromatic rings. The summed E-state index contributed by atoms with van der Waals surface area (Å²) in [6.07, 6.45) is 14.9. The van der Waals surface area contributed by atoms with Gasteiger partial charge in [0, 0.05) is 50.2 Å². The first kappa shape index (κ1) is 22.2. The molecule has 1 aliphatic heterocycles. The minimum atomic E-state index is -0.111. The Morgan fingerprint density at radius 2 is 2.12 bits per heavy atom. The molecule has 2 aliphatic rings. The molecule has 8 heteroatoms. The maximum absolute atomic E-state index is 12.6. The van der Waals surface area contributed by atoms with E-state index in [1.807, 2.05) is 25.5 Å². The van der Waals surface area contributed by atoms with E-state index in [0.29, 0.717) is 23.7 Å². The van der Waals surface area contributed by atoms with Crippen LogP contribution >= 0.6 is 0 Å². The summed E-state index contributed by atoms with van der Waals surface area (Å²) in [5.41, 5.74) is 3.56. The van der Waals surface area contributed by atoms with Crippen LogP contribution in [0.5, 0.6) is 0 Å². The van der Waals surface area contributed by atoms with Crippen LogP contribution in [-0.4, -0.2) is 46.8 Å². The zero-order valence-corrected chi connectivity index (χ0v) is 18.9. The maximum atomic E-state index is 12.6. The van der Waals surface area contributed by atoms with E-state index in [1.54, 1.807) is 10.9 Å². The van der Waals surface area contributed by atoms with E-state index in [-0.39, 0.29) is 11.6 Å². The molecular formula is C24H33N7O. The summed E-state index contributed by atoms with van der Waals surface area (Å²) in [6, 6.07) is 1.91. The highest BCUT2D eigenvalue weighted by atomic mass is 16.1. The Kier molecular flexibility index (Phi) is 7.34. The predicted molar refractivity (Wildman–Crippen MR) is 128 cm³/mol. The van der Waals surface area contributed by atoms with Gasteiger partial charge in [-0.25, -0.2) is 0 Å². The van der Waals surface area contributed by atoms with E-state index in [1.165, 1.54) is 0 Å². The third-order valence-electron chi connectivity index (χ3n) is 5.96. The van der Waals surface area contributed by atoms with Crippen LogP contribution in [-0.2, 0) is 13.5 Å². The van der Waals surface area contributed by atoms with Gasteiger partial charge in [0.1, 0.15) is 5.84 Å². The van der Waals surface area contributed by atoms with Crippen LogP contribution in [0.4, 0.5) is 0 Å². The monoisotopic (exact) mass is 435 g/mol. The minimum Gasteiger partial charge on any atom is -0.340 e. The van der Waals surface area contributed by atoms with Crippen molar-refractivity contribution in [1.29, 1.82) is 0 Å². The highest BCUT2D eigenvalue weighted by Crippen LogP contribution is 2.28. The Morgan fingerprint density at radius 1 is 1.25 bits per heavy atom. The molecule has 2 unspecified atom stereocenters. The summed E-state index contributed by atoms with van der Waals surface area (Å²) < 4.78 is 1.78. The summed E-state index contributed by atoms with van der Waals surface area (Å²) in [6.45, 7) is 6.15. The molecule has 2 aromatic heterocycles. The number of nitrogens with zero attached hydrogens (tertiary/aromatic N) is 3. The van der Waals surface area contributed by atoms with Crippen LogP contribution in [0, 0.1) is 5.92 Å². The second-order valence-corrected chi connectivity index (χ2v) is 8.38. The number of H-pyrrole nitrogens is 1. The topological polar surface area (TPSA) is 99.1 Å². The molecule has 32 heavy (non-hydrogen) atoms. The van der Waals surface area contributed by atoms with Crippen molar-refractivity contribution in [2.45, 2.75) is 32.2 Å². The zero-order chi connectivity index (χ0) is 22.3. The van der Waals surface area contributed by atoms with E-state index in [2.05, 4.69) is 51.2 Å². The molecule has 0 fully saturated rings. The lowest BCUT2D eigenvalue weighted by molar-refractivity contribution is 0.534. The largest absolute Gasteiger partial charge is 0.340 e. The SMILES string of the molecule is CCNCCNCCC1C=CC(NC2=NC(c3cnn(C)c3)Cc3cc[nH]c(=O)c32)=CC1. The van der Waals surface area contributed by atoms with Gasteiger partial charge in [-0.2, -0.15) is 5.10 Å². The lowest BCUT2D eigenvalue weighted by Gasteiger charge is -2.24. The fourth-order valence-electron chi connectivity index (χ4n) is 4.20. The molecule has 0 saturated heterocycles. The first-order valence-corrected chi connectivity index (χ1v) is 11.5. The predicted octanol–water partition coefficient (Wildman–Crippen LogP) is 1.79. The van der Waals surface area contributed by atoms with Gasteiger partial charge in [-0.05, 0) is 49.6 Å². The van der Waals surface area contributed by atoms with Crippen LogP contribution in [0.3, 0.4) is 0 Å². The summed E-state index contributed by atoms with van der Waals surface area (Å²) in [5, 5.41) is 14.5. The molecule has 1 aliphatic carbocycles. The number of aromatic nitrogens is 3. The molecule has 0 radical (unpaired) electrons. The van der Waals surface area contributed by atoms with Gasteiger partial charge in [0.2, 0.25) is 0 Å². The Bertz CT molecular complexity index is 1060. The first-order chi connectivity index (χ1) is 15.6. The van der Waals surface area contributed by atoms with Gasteiger partial charge >= 0.3 is 0 Å². The molecule has 3 heterocycles. The summed E-state index contributed by atoms with van der Waals surface area (Å²) in [4.78, 5) is 20.3. The van der Waals surface area contributed by atoms with Gasteiger partial charge in [-0.15, -0.1) is 0 Å². The molecule has 4 N–H and O–H groups in total. The van der Waals surface area contributed by atoms with E-state index in [0.717, 1.165) is 55.8 Å². The summed E-state index contributed by atoms with van der Waals surface area (Å²) in [7, 11) is 1.90. The van der Waals surface area contributed by atoms with Crippen LogP contribution in [0.1, 0.15) is 42.5 Å². The molecule has 8 nitrogen and oxygen atoms in total. The quantitative estimate of drug-likeness (QED) is 0.450. The molecule has 170 valence electrons. The van der Waals surface area contributed by atoms with E-state index >= 15 is 0 Å². The van der Waals surface area contributed by atoms with Crippen molar-refractivity contribution in [2.75, 3.05) is 26.2 Å². The Labute approximate surface area is 188 Å². The van der Waals surface area contributed by atoms with Crippen LogP contribution in [0.25, 0.3) is 0 Å². The fourth-order valence-corrected chi connectivity index (χ4v) is 4.20. The van der Waals surface area contributed by atoms with Gasteiger partial charge in [0.15, 0.2) is 0 Å². The van der Waals surface area contributed by atoms with Crippen molar-refractivity contribution in [2.24, 2.45) is 18.0 Å². The summed E-state index contributed by atoms with van der Waals surface area (Å²) in [5.74, 6) is 1.15. The van der Waals surface area contributed by atoms with E-state index < -0.39 is 0 Å². The fraction of sp³-hybridized carbons (Fsp3) is 0.458. The van der Waals surface area contributed by atoms with Crippen LogP contribution in [0.2, 0.25) is 0 Å². The molecule has 4 rings (SSSR count). The molecular weight excluding hydrogens is 402 g/mol. The van der Waals surface area contributed by atoms with Gasteiger partial charge in [0.05, 0.1) is 17.8 Å². The number of aromatic amines is 1. The number of aliphatic imine (C=N–C) groups is 1. The maximum Gasteiger partial charge on any atom is 0.259 e. The van der Waals surface area contributed by atoms with Gasteiger partial charge in [-0.1, -0.05) is 19.1 Å². The smallest absolute Gasteiger partial charge is 0.259 e. The minimum absolute atomic E-state index is 0.0605. The number of allylic oxidation sites excluding steroid dienone is 3. The van der Waals surface area contributed by atoms with Crippen molar-refractivity contribution in [3.63, 3.8) is 0 Å². The number of hydrogen-bond donors (Lipinski definition) is 4. The lowest BCUT2D eigenvalue weighted by Crippen LogP contribution is -2.35. The molecule has 0 saturated carbocycles. The van der Waals surface area contributed by atoms with Crippen molar-refractivity contribution in [3.8, 4) is 0 Å². The average molecular weight is 436 g/mol. The number of amidine groups is 1. The zero-order valence-electron chi connectivity index (χ0n) is 18.9. The van der Waals surface area contributed by atoms with Gasteiger partial charge in [-0.3, -0.25) is 14.5 Å². The van der Waals surface area contributed by atoms with Crippen molar-refractivity contribution in [3.05, 3.63) is 75.6 Å². The van der Waals surface area contributed by atoms with Crippen molar-refractivity contribution >= 4 is 5.84 Å². The van der Waals surface area contributed by atoms with E-state index in [4.69, 9.17) is 4.99 Å². The number of fused-ring (bicyclic) bond motifs is 1. The number of rotatable bonds is 9. The molecule has 0 spiro atoms. The summed E-state index contributed by atoms with van der Waals surface area (Å²) >= 11 is 0. The molecule has 0 bridgehead atoms. The Balaban J connectivity index is 1.41. The van der Waals surface area contributed by atoms with Crippen LogP contribution in [0.15, 0.2) is 58.4 Å². The van der Waals surface area contributed by atoms with Crippen molar-refractivity contribution in [1.82, 2.24) is 30.7 Å². The molecule has 0 aromatic carbocycles. The van der Waals surface area contributed by atoms with Crippen molar-refractivity contribution < 1.29 is 0 Å². The highest BCUT2D eigenvalue weighted by molar-refractivity contribution is 6.01. The third kappa shape index (κ3) is 5.44. The number of hydrogen-bond acceptors (Lipinski definition) is 6. The Hall–Kier alpha value is -2.97.